The van der Waals surface area contributed by atoms with Crippen molar-refractivity contribution in [3.05, 3.63) is 22.3 Å². The number of hydrogen-bond donors (Lipinski definition) is 1. The van der Waals surface area contributed by atoms with Crippen LogP contribution >= 0.6 is 15.9 Å². The summed E-state index contributed by atoms with van der Waals surface area (Å²) in [7, 11) is 0. The first-order chi connectivity index (χ1) is 9.70. The molecule has 0 aromatic carbocycles. The monoisotopic (exact) mass is 340 g/mol. The number of halogens is 1. The van der Waals surface area contributed by atoms with Gasteiger partial charge in [0.1, 0.15) is 5.82 Å². The quantitative estimate of drug-likeness (QED) is 0.822. The lowest BCUT2D eigenvalue weighted by Gasteiger charge is -2.22. The van der Waals surface area contributed by atoms with Crippen LogP contribution in [0.15, 0.2) is 16.6 Å². The Labute approximate surface area is 128 Å². The van der Waals surface area contributed by atoms with Crippen LogP contribution in [0.4, 0.5) is 5.82 Å². The van der Waals surface area contributed by atoms with Crippen molar-refractivity contribution in [2.75, 3.05) is 18.5 Å². The van der Waals surface area contributed by atoms with Crippen molar-refractivity contribution in [3.8, 4) is 0 Å². The number of nitrogens with zero attached hydrogens (tertiary/aromatic N) is 1. The zero-order valence-electron chi connectivity index (χ0n) is 11.8. The molecule has 0 aliphatic heterocycles. The van der Waals surface area contributed by atoms with Gasteiger partial charge in [0.05, 0.1) is 11.1 Å². The molecular formula is C15H21BrN2O2. The minimum atomic E-state index is -0.388. The summed E-state index contributed by atoms with van der Waals surface area (Å²) in [5.74, 6) is 1.07. The van der Waals surface area contributed by atoms with E-state index in [1.807, 2.05) is 12.1 Å². The van der Waals surface area contributed by atoms with E-state index in [0.29, 0.717) is 16.8 Å². The predicted octanol–water partition coefficient (Wildman–Crippen LogP) is 4.01. The molecule has 2 rings (SSSR count). The van der Waals surface area contributed by atoms with Crippen molar-refractivity contribution in [2.24, 2.45) is 5.92 Å². The van der Waals surface area contributed by atoms with Crippen LogP contribution in [-0.2, 0) is 4.74 Å². The third kappa shape index (κ3) is 4.20. The average Bonchev–Trinajstić information content (AvgIpc) is 2.47. The smallest absolute Gasteiger partial charge is 0.358 e. The molecule has 0 atom stereocenters. The number of nitrogens with one attached hydrogen (secondary N) is 1. The van der Waals surface area contributed by atoms with Crippen molar-refractivity contribution >= 4 is 27.7 Å². The van der Waals surface area contributed by atoms with E-state index in [2.05, 4.69) is 26.2 Å². The van der Waals surface area contributed by atoms with Crippen LogP contribution in [0.25, 0.3) is 0 Å². The molecule has 0 unspecified atom stereocenters. The maximum atomic E-state index is 11.8. The number of ether oxygens (including phenoxy) is 1. The van der Waals surface area contributed by atoms with Gasteiger partial charge < -0.3 is 10.1 Å². The first-order valence-corrected chi connectivity index (χ1v) is 8.07. The molecule has 5 heteroatoms. The van der Waals surface area contributed by atoms with Gasteiger partial charge in [-0.2, -0.15) is 0 Å². The third-order valence-corrected chi connectivity index (χ3v) is 4.25. The Kier molecular flexibility index (Phi) is 5.83. The molecule has 0 spiro atoms. The number of rotatable bonds is 5. The number of carbonyl (C=O) groups is 1. The van der Waals surface area contributed by atoms with Crippen LogP contribution < -0.4 is 5.32 Å². The zero-order chi connectivity index (χ0) is 14.4. The summed E-state index contributed by atoms with van der Waals surface area (Å²) in [6.07, 6.45) is 6.59. The lowest BCUT2D eigenvalue weighted by molar-refractivity contribution is 0.0518. The topological polar surface area (TPSA) is 51.2 Å². The predicted molar refractivity (Wildman–Crippen MR) is 83.0 cm³/mol. The van der Waals surface area contributed by atoms with Crippen molar-refractivity contribution in [3.63, 3.8) is 0 Å². The van der Waals surface area contributed by atoms with Crippen LogP contribution in [0.5, 0.6) is 0 Å². The lowest BCUT2D eigenvalue weighted by Crippen LogP contribution is -2.18. The van der Waals surface area contributed by atoms with E-state index in [1.54, 1.807) is 6.92 Å². The van der Waals surface area contributed by atoms with Gasteiger partial charge in [-0.3, -0.25) is 0 Å². The first kappa shape index (κ1) is 15.3. The molecule has 1 heterocycles. The fourth-order valence-electron chi connectivity index (χ4n) is 2.52. The highest BCUT2D eigenvalue weighted by atomic mass is 79.9. The highest BCUT2D eigenvalue weighted by Crippen LogP contribution is 2.24. The van der Waals surface area contributed by atoms with E-state index < -0.39 is 0 Å². The molecule has 1 fully saturated rings. The van der Waals surface area contributed by atoms with Gasteiger partial charge in [-0.1, -0.05) is 19.3 Å². The number of esters is 1. The summed E-state index contributed by atoms with van der Waals surface area (Å²) >= 11 is 3.34. The molecule has 1 N–H and O–H groups in total. The lowest BCUT2D eigenvalue weighted by atomic mass is 9.89. The first-order valence-electron chi connectivity index (χ1n) is 7.28. The summed E-state index contributed by atoms with van der Waals surface area (Å²) in [4.78, 5) is 16.1. The normalized spacial score (nSPS) is 15.9. The maximum absolute atomic E-state index is 11.8. The Balaban J connectivity index is 1.97. The van der Waals surface area contributed by atoms with E-state index >= 15 is 0 Å². The highest BCUT2D eigenvalue weighted by Gasteiger charge is 2.16. The minimum absolute atomic E-state index is 0.334. The van der Waals surface area contributed by atoms with Gasteiger partial charge in [-0.15, -0.1) is 0 Å². The summed E-state index contributed by atoms with van der Waals surface area (Å²) < 4.78 is 5.66. The second kappa shape index (κ2) is 7.62. The Bertz CT molecular complexity index is 459. The molecule has 1 aliphatic rings. The summed E-state index contributed by atoms with van der Waals surface area (Å²) in [6, 6.07) is 3.72. The molecule has 1 saturated carbocycles. The Morgan fingerprint density at radius 2 is 2.15 bits per heavy atom. The molecule has 0 radical (unpaired) electrons. The van der Waals surface area contributed by atoms with Crippen LogP contribution in [0.1, 0.15) is 49.5 Å². The Hall–Kier alpha value is -1.10. The second-order valence-electron chi connectivity index (χ2n) is 5.13. The standard InChI is InChI=1S/C15H21BrN2O2/c1-2-20-15(19)14-12(16)8-9-13(18-14)17-10-11-6-4-3-5-7-11/h8-9,11H,2-7,10H2,1H3,(H,17,18). The fourth-order valence-corrected chi connectivity index (χ4v) is 2.91. The summed E-state index contributed by atoms with van der Waals surface area (Å²) in [5, 5.41) is 3.34. The Morgan fingerprint density at radius 3 is 2.85 bits per heavy atom. The number of anilines is 1. The van der Waals surface area contributed by atoms with Crippen molar-refractivity contribution < 1.29 is 9.53 Å². The number of aromatic nitrogens is 1. The molecule has 1 aromatic rings. The van der Waals surface area contributed by atoms with Crippen molar-refractivity contribution in [2.45, 2.75) is 39.0 Å². The molecule has 110 valence electrons. The summed E-state index contributed by atoms with van der Waals surface area (Å²) in [6.45, 7) is 3.07. The molecule has 0 amide bonds. The number of pyridine rings is 1. The van der Waals surface area contributed by atoms with Gasteiger partial charge in [0, 0.05) is 6.54 Å². The van der Waals surface area contributed by atoms with Gasteiger partial charge in [-0.25, -0.2) is 9.78 Å². The fraction of sp³-hybridized carbons (Fsp3) is 0.600. The van der Waals surface area contributed by atoms with Crippen LogP contribution in [0.2, 0.25) is 0 Å². The van der Waals surface area contributed by atoms with E-state index in [0.717, 1.165) is 18.3 Å². The van der Waals surface area contributed by atoms with Crippen molar-refractivity contribution in [1.82, 2.24) is 4.98 Å². The number of hydrogen-bond acceptors (Lipinski definition) is 4. The van der Waals surface area contributed by atoms with E-state index in [4.69, 9.17) is 4.74 Å². The van der Waals surface area contributed by atoms with E-state index in [-0.39, 0.29) is 5.97 Å². The molecule has 1 aliphatic carbocycles. The zero-order valence-corrected chi connectivity index (χ0v) is 13.4. The number of carbonyl (C=O) groups excluding carboxylic acids is 1. The van der Waals surface area contributed by atoms with Crippen molar-refractivity contribution in [1.29, 1.82) is 0 Å². The van der Waals surface area contributed by atoms with E-state index in [1.165, 1.54) is 32.1 Å². The summed E-state index contributed by atoms with van der Waals surface area (Å²) in [5.41, 5.74) is 0.334. The SMILES string of the molecule is CCOC(=O)c1nc(NCC2CCCCC2)ccc1Br. The maximum Gasteiger partial charge on any atom is 0.358 e. The molecule has 1 aromatic heterocycles. The molecule has 0 saturated heterocycles. The average molecular weight is 341 g/mol. The highest BCUT2D eigenvalue weighted by molar-refractivity contribution is 9.10. The Morgan fingerprint density at radius 1 is 1.40 bits per heavy atom. The molecule has 0 bridgehead atoms. The molecule has 20 heavy (non-hydrogen) atoms. The molecule has 4 nitrogen and oxygen atoms in total. The van der Waals surface area contributed by atoms with E-state index in [9.17, 15) is 4.79 Å². The van der Waals surface area contributed by atoms with Gasteiger partial charge in [0.15, 0.2) is 5.69 Å². The van der Waals surface area contributed by atoms with Crippen LogP contribution in [0, 0.1) is 5.92 Å². The largest absolute Gasteiger partial charge is 0.461 e. The second-order valence-corrected chi connectivity index (χ2v) is 5.99. The van der Waals surface area contributed by atoms with Gasteiger partial charge in [-0.05, 0) is 53.7 Å². The minimum Gasteiger partial charge on any atom is -0.461 e. The molecular weight excluding hydrogens is 320 g/mol. The third-order valence-electron chi connectivity index (χ3n) is 3.61. The van der Waals surface area contributed by atoms with Gasteiger partial charge in [0.25, 0.3) is 0 Å². The van der Waals surface area contributed by atoms with Crippen LogP contribution in [0.3, 0.4) is 0 Å². The van der Waals surface area contributed by atoms with Gasteiger partial charge in [0.2, 0.25) is 0 Å². The van der Waals surface area contributed by atoms with Gasteiger partial charge >= 0.3 is 5.97 Å². The van der Waals surface area contributed by atoms with Crippen LogP contribution in [-0.4, -0.2) is 24.1 Å².